The van der Waals surface area contributed by atoms with Crippen molar-refractivity contribution < 1.29 is 17.9 Å². The Balaban J connectivity index is 1.59. The van der Waals surface area contributed by atoms with Gasteiger partial charge in [0.05, 0.1) is 21.2 Å². The number of benzene rings is 2. The van der Waals surface area contributed by atoms with Gasteiger partial charge in [-0.3, -0.25) is 4.79 Å². The van der Waals surface area contributed by atoms with Crippen LogP contribution in [0.5, 0.6) is 0 Å². The highest BCUT2D eigenvalue weighted by atomic mass is 79.9. The maximum Gasteiger partial charge on any atom is 0.279 e. The van der Waals surface area contributed by atoms with Crippen LogP contribution in [-0.4, -0.2) is 49.5 Å². The van der Waals surface area contributed by atoms with Gasteiger partial charge < -0.3 is 9.30 Å². The number of carbonyl (C=O) groups excluding carboxylic acids is 1. The van der Waals surface area contributed by atoms with E-state index < -0.39 is 15.9 Å². The van der Waals surface area contributed by atoms with Gasteiger partial charge in [-0.05, 0) is 72.1 Å². The number of ether oxygens (including phenoxy) is 1. The van der Waals surface area contributed by atoms with Crippen molar-refractivity contribution in [1.82, 2.24) is 8.87 Å². The van der Waals surface area contributed by atoms with Crippen LogP contribution in [0.15, 0.2) is 56.8 Å². The van der Waals surface area contributed by atoms with Gasteiger partial charge in [-0.1, -0.05) is 17.4 Å². The molecule has 2 aromatic carbocycles. The molecule has 0 saturated carbocycles. The van der Waals surface area contributed by atoms with Crippen molar-refractivity contribution >= 4 is 53.4 Å². The predicted octanol–water partition coefficient (Wildman–Crippen LogP) is 4.03. The third kappa shape index (κ3) is 4.60. The highest BCUT2D eigenvalue weighted by Gasteiger charge is 2.26. The molecule has 32 heavy (non-hydrogen) atoms. The Hall–Kier alpha value is -1.85. The molecule has 1 aromatic heterocycles. The Kier molecular flexibility index (Phi) is 6.97. The molecule has 2 heterocycles. The normalized spacial score (nSPS) is 17.5. The van der Waals surface area contributed by atoms with Gasteiger partial charge in [0.2, 0.25) is 10.0 Å². The summed E-state index contributed by atoms with van der Waals surface area (Å²) in [4.78, 5) is 17.9. The summed E-state index contributed by atoms with van der Waals surface area (Å²) in [5.74, 6) is -0.411. The van der Waals surface area contributed by atoms with Gasteiger partial charge in [0.15, 0.2) is 4.80 Å². The van der Waals surface area contributed by atoms with Gasteiger partial charge in [0, 0.05) is 36.8 Å². The highest BCUT2D eigenvalue weighted by molar-refractivity contribution is 9.10. The fourth-order valence-electron chi connectivity index (χ4n) is 3.74. The lowest BCUT2D eigenvalue weighted by Crippen LogP contribution is -2.34. The SMILES string of the molecule is CCn1c(=NC(=O)c2ccc(S(=O)(=O)N(C)CC3CCCO3)cc2)sc2cccc(Br)c21. The molecule has 0 spiro atoms. The van der Waals surface area contributed by atoms with E-state index in [1.807, 2.05) is 29.7 Å². The average molecular weight is 538 g/mol. The van der Waals surface area contributed by atoms with E-state index in [1.165, 1.54) is 39.9 Å². The van der Waals surface area contributed by atoms with Crippen LogP contribution in [-0.2, 0) is 21.3 Å². The van der Waals surface area contributed by atoms with E-state index in [4.69, 9.17) is 4.74 Å². The van der Waals surface area contributed by atoms with Crippen LogP contribution in [0.2, 0.25) is 0 Å². The molecule has 170 valence electrons. The Morgan fingerprint density at radius 3 is 2.69 bits per heavy atom. The molecular formula is C22H24BrN3O4S2. The standard InChI is InChI=1S/C22H24BrN3O4S2/c1-3-26-20-18(23)7-4-8-19(20)31-22(26)24-21(27)15-9-11-17(12-10-15)32(28,29)25(2)14-16-6-5-13-30-16/h4,7-12,16H,3,5-6,13-14H2,1-2H3. The molecule has 0 radical (unpaired) electrons. The molecule has 10 heteroatoms. The van der Waals surface area contributed by atoms with Gasteiger partial charge >= 0.3 is 0 Å². The molecule has 1 amide bonds. The number of aromatic nitrogens is 1. The summed E-state index contributed by atoms with van der Waals surface area (Å²) in [5.41, 5.74) is 1.34. The number of carbonyl (C=O) groups is 1. The molecule has 0 N–H and O–H groups in total. The number of rotatable bonds is 6. The number of para-hydroxylation sites is 1. The summed E-state index contributed by atoms with van der Waals surface area (Å²) in [5, 5.41) is 0. The molecule has 0 aliphatic carbocycles. The first kappa shape index (κ1) is 23.3. The first-order chi connectivity index (χ1) is 15.3. The van der Waals surface area contributed by atoms with Crippen LogP contribution >= 0.6 is 27.3 Å². The number of amides is 1. The molecule has 1 saturated heterocycles. The fourth-order valence-corrected chi connectivity index (χ4v) is 6.77. The van der Waals surface area contributed by atoms with Crippen molar-refractivity contribution in [2.45, 2.75) is 37.3 Å². The maximum atomic E-state index is 12.9. The van der Waals surface area contributed by atoms with Crippen LogP contribution < -0.4 is 4.80 Å². The smallest absolute Gasteiger partial charge is 0.279 e. The van der Waals surface area contributed by atoms with Gasteiger partial charge in [0.1, 0.15) is 0 Å². The second-order valence-corrected chi connectivity index (χ2v) is 11.5. The van der Waals surface area contributed by atoms with Crippen molar-refractivity contribution in [1.29, 1.82) is 0 Å². The summed E-state index contributed by atoms with van der Waals surface area (Å²) in [6.45, 7) is 3.66. The Morgan fingerprint density at radius 2 is 2.03 bits per heavy atom. The molecule has 7 nitrogen and oxygen atoms in total. The number of likely N-dealkylation sites (N-methyl/N-ethyl adjacent to an activating group) is 1. The summed E-state index contributed by atoms with van der Waals surface area (Å²) >= 11 is 5.01. The molecule has 1 aliphatic heterocycles. The van der Waals surface area contributed by atoms with Crippen LogP contribution in [0.3, 0.4) is 0 Å². The first-order valence-electron chi connectivity index (χ1n) is 10.4. The minimum atomic E-state index is -3.66. The minimum absolute atomic E-state index is 0.0685. The van der Waals surface area contributed by atoms with E-state index >= 15 is 0 Å². The number of halogens is 1. The van der Waals surface area contributed by atoms with Gasteiger partial charge in [-0.25, -0.2) is 8.42 Å². The molecule has 1 fully saturated rings. The number of aryl methyl sites for hydroxylation is 1. The second-order valence-electron chi connectivity index (χ2n) is 7.58. The lowest BCUT2D eigenvalue weighted by atomic mass is 10.2. The summed E-state index contributed by atoms with van der Waals surface area (Å²) in [6.07, 6.45) is 1.75. The monoisotopic (exact) mass is 537 g/mol. The van der Waals surface area contributed by atoms with Crippen LogP contribution in [0.25, 0.3) is 10.2 Å². The minimum Gasteiger partial charge on any atom is -0.377 e. The third-order valence-corrected chi connectivity index (χ3v) is 8.98. The fraction of sp³-hybridized carbons (Fsp3) is 0.364. The molecule has 1 aliphatic rings. The number of hydrogen-bond acceptors (Lipinski definition) is 5. The Labute approximate surface area is 199 Å². The highest BCUT2D eigenvalue weighted by Crippen LogP contribution is 2.26. The van der Waals surface area contributed by atoms with Gasteiger partial charge in [0.25, 0.3) is 5.91 Å². The van der Waals surface area contributed by atoms with E-state index in [0.29, 0.717) is 30.1 Å². The van der Waals surface area contributed by atoms with Crippen molar-refractivity contribution in [2.75, 3.05) is 20.2 Å². The topological polar surface area (TPSA) is 81.0 Å². The molecular weight excluding hydrogens is 514 g/mol. The number of nitrogens with zero attached hydrogens (tertiary/aromatic N) is 3. The zero-order valence-corrected chi connectivity index (χ0v) is 21.0. The lowest BCUT2D eigenvalue weighted by Gasteiger charge is -2.20. The molecule has 1 unspecified atom stereocenters. The van der Waals surface area contributed by atoms with Crippen molar-refractivity contribution in [3.63, 3.8) is 0 Å². The third-order valence-electron chi connectivity index (χ3n) is 5.46. The number of hydrogen-bond donors (Lipinski definition) is 0. The summed E-state index contributed by atoms with van der Waals surface area (Å²) < 4.78 is 36.5. The quantitative estimate of drug-likeness (QED) is 0.475. The van der Waals surface area contributed by atoms with Crippen molar-refractivity contribution in [3.05, 3.63) is 57.3 Å². The zero-order valence-electron chi connectivity index (χ0n) is 17.8. The number of thiazole rings is 1. The first-order valence-corrected chi connectivity index (χ1v) is 13.4. The Bertz CT molecular complexity index is 1310. The summed E-state index contributed by atoms with van der Waals surface area (Å²) in [6, 6.07) is 11.8. The average Bonchev–Trinajstić information content (AvgIpc) is 3.41. The van der Waals surface area contributed by atoms with E-state index in [-0.39, 0.29) is 11.0 Å². The Morgan fingerprint density at radius 1 is 1.28 bits per heavy atom. The lowest BCUT2D eigenvalue weighted by molar-refractivity contribution is 0.0979. The van der Waals surface area contributed by atoms with Gasteiger partial charge in [-0.15, -0.1) is 0 Å². The summed E-state index contributed by atoms with van der Waals surface area (Å²) in [7, 11) is -2.11. The van der Waals surface area contributed by atoms with E-state index in [2.05, 4.69) is 20.9 Å². The van der Waals surface area contributed by atoms with Crippen LogP contribution in [0.1, 0.15) is 30.1 Å². The predicted molar refractivity (Wildman–Crippen MR) is 128 cm³/mol. The van der Waals surface area contributed by atoms with Crippen LogP contribution in [0.4, 0.5) is 0 Å². The second kappa shape index (κ2) is 9.56. The van der Waals surface area contributed by atoms with Crippen molar-refractivity contribution in [2.24, 2.45) is 4.99 Å². The molecule has 0 bridgehead atoms. The van der Waals surface area contributed by atoms with Crippen LogP contribution in [0, 0.1) is 0 Å². The van der Waals surface area contributed by atoms with Crippen molar-refractivity contribution in [3.8, 4) is 0 Å². The number of sulfonamides is 1. The maximum absolute atomic E-state index is 12.9. The largest absolute Gasteiger partial charge is 0.377 e. The van der Waals surface area contributed by atoms with E-state index in [1.54, 1.807) is 7.05 Å². The number of fused-ring (bicyclic) bond motifs is 1. The molecule has 1 atom stereocenters. The molecule has 3 aromatic rings. The molecule has 4 rings (SSSR count). The van der Waals surface area contributed by atoms with E-state index in [9.17, 15) is 13.2 Å². The van der Waals surface area contributed by atoms with Gasteiger partial charge in [-0.2, -0.15) is 9.30 Å². The van der Waals surface area contributed by atoms with E-state index in [0.717, 1.165) is 27.5 Å². The zero-order chi connectivity index (χ0) is 22.9.